The number of anilines is 2. The quantitative estimate of drug-likeness (QED) is 0.102. The van der Waals surface area contributed by atoms with Crippen molar-refractivity contribution in [3.05, 3.63) is 114 Å². The lowest BCUT2D eigenvalue weighted by molar-refractivity contribution is -0.115. The second-order valence-electron chi connectivity index (χ2n) is 9.49. The van der Waals surface area contributed by atoms with Crippen molar-refractivity contribution in [1.29, 1.82) is 0 Å². The second kappa shape index (κ2) is 14.8. The highest BCUT2D eigenvalue weighted by atomic mass is 32.2. The van der Waals surface area contributed by atoms with Gasteiger partial charge in [0.05, 0.1) is 5.25 Å². The maximum Gasteiger partial charge on any atom is 0.272 e. The molecule has 0 radical (unpaired) electrons. The fraction of sp³-hybridized carbons (Fsp3) is 0.121. The van der Waals surface area contributed by atoms with Crippen LogP contribution in [-0.2, 0) is 9.59 Å². The molecule has 1 heterocycles. The number of carbonyl (C=O) groups excluding carboxylic acids is 3. The van der Waals surface area contributed by atoms with Gasteiger partial charge in [-0.25, -0.2) is 0 Å². The third-order valence-corrected chi connectivity index (χ3v) is 8.94. The first-order valence-corrected chi connectivity index (χ1v) is 16.4. The molecule has 44 heavy (non-hydrogen) atoms. The molecule has 3 N–H and O–H groups in total. The first-order chi connectivity index (χ1) is 21.4. The zero-order valence-corrected chi connectivity index (χ0v) is 26.4. The van der Waals surface area contributed by atoms with Gasteiger partial charge in [-0.15, -0.1) is 11.8 Å². The fourth-order valence-electron chi connectivity index (χ4n) is 4.20. The van der Waals surface area contributed by atoms with E-state index in [2.05, 4.69) is 25.3 Å². The Morgan fingerprint density at radius 1 is 0.886 bits per heavy atom. The van der Waals surface area contributed by atoms with E-state index in [-0.39, 0.29) is 22.8 Å². The molecular formula is C33H29N5O3S3. The predicted octanol–water partition coefficient (Wildman–Crippen LogP) is 7.33. The van der Waals surface area contributed by atoms with Crippen molar-refractivity contribution in [3.8, 4) is 0 Å². The number of carbonyl (C=O) groups is 3. The van der Waals surface area contributed by atoms with Crippen LogP contribution in [-0.4, -0.2) is 38.1 Å². The highest BCUT2D eigenvalue weighted by Gasteiger charge is 2.18. The SMILES string of the molecule is CCSc1nsc(NC(=O)C(C)Sc2ccc(NC(=O)/C(=C/c3cccc4ccccc34)NC(=O)c3ccccc3)cc2)n1. The van der Waals surface area contributed by atoms with Crippen molar-refractivity contribution in [2.45, 2.75) is 29.1 Å². The van der Waals surface area contributed by atoms with Crippen LogP contribution in [0, 0.1) is 0 Å². The van der Waals surface area contributed by atoms with E-state index < -0.39 is 5.91 Å². The first kappa shape index (κ1) is 31.0. The number of hydrogen-bond acceptors (Lipinski definition) is 8. The average molecular weight is 640 g/mol. The molecule has 0 spiro atoms. The van der Waals surface area contributed by atoms with E-state index in [0.717, 1.165) is 38.5 Å². The molecule has 222 valence electrons. The Labute approximate surface area is 267 Å². The maximum absolute atomic E-state index is 13.5. The van der Waals surface area contributed by atoms with Crippen molar-refractivity contribution in [1.82, 2.24) is 14.7 Å². The summed E-state index contributed by atoms with van der Waals surface area (Å²) in [6.45, 7) is 3.84. The minimum Gasteiger partial charge on any atom is -0.321 e. The van der Waals surface area contributed by atoms with Crippen LogP contribution in [0.15, 0.2) is 113 Å². The summed E-state index contributed by atoms with van der Waals surface area (Å²) >= 11 is 4.07. The van der Waals surface area contributed by atoms with Gasteiger partial charge in [-0.1, -0.05) is 79.3 Å². The molecular weight excluding hydrogens is 611 g/mol. The van der Waals surface area contributed by atoms with Gasteiger partial charge in [0.15, 0.2) is 0 Å². The lowest BCUT2D eigenvalue weighted by atomic mass is 10.0. The molecule has 0 aliphatic heterocycles. The molecule has 0 aliphatic carbocycles. The molecule has 0 aliphatic rings. The first-order valence-electron chi connectivity index (χ1n) is 13.8. The van der Waals surface area contributed by atoms with Gasteiger partial charge < -0.3 is 10.6 Å². The monoisotopic (exact) mass is 639 g/mol. The normalized spacial score (nSPS) is 12.0. The number of nitrogens with one attached hydrogen (secondary N) is 3. The summed E-state index contributed by atoms with van der Waals surface area (Å²) in [6.07, 6.45) is 1.69. The molecule has 0 bridgehead atoms. The Bertz CT molecular complexity index is 1800. The smallest absolute Gasteiger partial charge is 0.272 e. The van der Waals surface area contributed by atoms with Gasteiger partial charge in [0.25, 0.3) is 11.8 Å². The standard InChI is InChI=1S/C33H29N5O3S3/c1-3-42-33-37-32(44-38-33)36-29(39)21(2)43-26-18-16-25(17-19-26)34-31(41)28(35-30(40)23-11-5-4-6-12-23)20-24-14-9-13-22-10-7-8-15-27(22)24/h4-21H,3H2,1-2H3,(H,34,41)(H,35,40)(H,36,37,38,39)/b28-20-. The average Bonchev–Trinajstić information content (AvgIpc) is 3.48. The summed E-state index contributed by atoms with van der Waals surface area (Å²) < 4.78 is 4.23. The van der Waals surface area contributed by atoms with E-state index in [0.29, 0.717) is 21.5 Å². The molecule has 0 saturated heterocycles. The highest BCUT2D eigenvalue weighted by Crippen LogP contribution is 2.27. The number of fused-ring (bicyclic) bond motifs is 1. The van der Waals surface area contributed by atoms with Crippen LogP contribution in [0.25, 0.3) is 16.8 Å². The molecule has 0 fully saturated rings. The number of rotatable bonds is 11. The van der Waals surface area contributed by atoms with E-state index in [1.807, 2.05) is 74.5 Å². The molecule has 8 nitrogen and oxygen atoms in total. The number of thioether (sulfide) groups is 2. The summed E-state index contributed by atoms with van der Waals surface area (Å²) in [5.74, 6) is -0.168. The number of nitrogens with zero attached hydrogens (tertiary/aromatic N) is 2. The molecule has 1 atom stereocenters. The summed E-state index contributed by atoms with van der Waals surface area (Å²) in [4.78, 5) is 44.4. The number of benzene rings is 4. The van der Waals surface area contributed by atoms with E-state index in [9.17, 15) is 14.4 Å². The zero-order chi connectivity index (χ0) is 30.9. The minimum absolute atomic E-state index is 0.108. The van der Waals surface area contributed by atoms with E-state index in [4.69, 9.17) is 0 Å². The largest absolute Gasteiger partial charge is 0.321 e. The number of aromatic nitrogens is 2. The summed E-state index contributed by atoms with van der Waals surface area (Å²) in [7, 11) is 0. The van der Waals surface area contributed by atoms with Crippen LogP contribution in [0.2, 0.25) is 0 Å². The molecule has 1 aromatic heterocycles. The molecule has 3 amide bonds. The topological polar surface area (TPSA) is 113 Å². The van der Waals surface area contributed by atoms with Gasteiger partial charge in [0.2, 0.25) is 16.2 Å². The zero-order valence-electron chi connectivity index (χ0n) is 23.9. The Hall–Kier alpha value is -4.45. The van der Waals surface area contributed by atoms with Crippen LogP contribution >= 0.6 is 35.1 Å². The molecule has 4 aromatic carbocycles. The summed E-state index contributed by atoms with van der Waals surface area (Å²) in [6, 6.07) is 29.6. The lowest BCUT2D eigenvalue weighted by Crippen LogP contribution is -2.30. The van der Waals surface area contributed by atoms with Gasteiger partial charge >= 0.3 is 0 Å². The predicted molar refractivity (Wildman–Crippen MR) is 181 cm³/mol. The van der Waals surface area contributed by atoms with Crippen molar-refractivity contribution < 1.29 is 14.4 Å². The Balaban J connectivity index is 1.28. The van der Waals surface area contributed by atoms with E-state index in [1.54, 1.807) is 42.5 Å². The van der Waals surface area contributed by atoms with Crippen molar-refractivity contribution in [2.24, 2.45) is 0 Å². The van der Waals surface area contributed by atoms with E-state index >= 15 is 0 Å². The maximum atomic E-state index is 13.5. The Morgan fingerprint density at radius 2 is 1.61 bits per heavy atom. The van der Waals surface area contributed by atoms with Gasteiger partial charge in [-0.3, -0.25) is 19.7 Å². The van der Waals surface area contributed by atoms with Gasteiger partial charge in [-0.05, 0) is 71.5 Å². The fourth-order valence-corrected chi connectivity index (χ4v) is 6.34. The number of amides is 3. The molecule has 1 unspecified atom stereocenters. The minimum atomic E-state index is -0.465. The third kappa shape index (κ3) is 8.13. The molecule has 11 heteroatoms. The van der Waals surface area contributed by atoms with Crippen LogP contribution in [0.4, 0.5) is 10.8 Å². The van der Waals surface area contributed by atoms with Crippen LogP contribution in [0.1, 0.15) is 29.8 Å². The highest BCUT2D eigenvalue weighted by molar-refractivity contribution is 8.00. The molecule has 0 saturated carbocycles. The van der Waals surface area contributed by atoms with Crippen molar-refractivity contribution in [2.75, 3.05) is 16.4 Å². The number of hydrogen-bond donors (Lipinski definition) is 3. The summed E-state index contributed by atoms with van der Waals surface area (Å²) in [5.41, 5.74) is 1.89. The van der Waals surface area contributed by atoms with Crippen LogP contribution in [0.3, 0.4) is 0 Å². The lowest BCUT2D eigenvalue weighted by Gasteiger charge is -2.13. The second-order valence-corrected chi connectivity index (χ2v) is 12.9. The molecule has 5 rings (SSSR count). The summed E-state index contributed by atoms with van der Waals surface area (Å²) in [5, 5.41) is 11.2. The van der Waals surface area contributed by atoms with Gasteiger partial charge in [-0.2, -0.15) is 9.36 Å². The van der Waals surface area contributed by atoms with Crippen LogP contribution in [0.5, 0.6) is 0 Å². The van der Waals surface area contributed by atoms with Crippen molar-refractivity contribution in [3.63, 3.8) is 0 Å². The van der Waals surface area contributed by atoms with Gasteiger partial charge in [0, 0.05) is 27.7 Å². The Kier molecular flexibility index (Phi) is 10.4. The third-order valence-electron chi connectivity index (χ3n) is 6.36. The van der Waals surface area contributed by atoms with E-state index in [1.165, 1.54) is 23.5 Å². The van der Waals surface area contributed by atoms with Gasteiger partial charge in [0.1, 0.15) is 5.70 Å². The van der Waals surface area contributed by atoms with Crippen LogP contribution < -0.4 is 16.0 Å². The van der Waals surface area contributed by atoms with Crippen molar-refractivity contribution >= 4 is 80.4 Å². The Morgan fingerprint density at radius 3 is 2.39 bits per heavy atom. The molecule has 5 aromatic rings.